The monoisotopic (exact) mass is 338 g/mol. The van der Waals surface area contributed by atoms with Crippen LogP contribution < -0.4 is 0 Å². The van der Waals surface area contributed by atoms with E-state index in [-0.39, 0.29) is 17.6 Å². The first kappa shape index (κ1) is 18.9. The van der Waals surface area contributed by atoms with Crippen molar-refractivity contribution in [3.05, 3.63) is 36.6 Å². The van der Waals surface area contributed by atoms with Gasteiger partial charge in [-0.3, -0.25) is 4.79 Å². The molecule has 0 bridgehead atoms. The summed E-state index contributed by atoms with van der Waals surface area (Å²) in [4.78, 5) is 12.1. The molecule has 2 aliphatic carbocycles. The zero-order chi connectivity index (χ0) is 17.7. The maximum atomic E-state index is 13.1. The Bertz CT molecular complexity index is 508. The number of ether oxygens (including phenoxy) is 1. The molecule has 4 heteroatoms. The summed E-state index contributed by atoms with van der Waals surface area (Å²) in [5.74, 6) is -0.711. The summed E-state index contributed by atoms with van der Waals surface area (Å²) in [6.07, 6.45) is 9.76. The number of hydrogen-bond acceptors (Lipinski definition) is 2. The normalized spacial score (nSPS) is 31.4. The molecular formula is C20H28F2O2. The smallest absolute Gasteiger partial charge is 0.314 e. The second kappa shape index (κ2) is 8.59. The summed E-state index contributed by atoms with van der Waals surface area (Å²) in [6, 6.07) is 0. The largest absolute Gasteiger partial charge is 0.427 e. The number of esters is 1. The second-order valence-corrected chi connectivity index (χ2v) is 7.42. The van der Waals surface area contributed by atoms with E-state index in [1.54, 1.807) is 0 Å². The molecule has 0 saturated heterocycles. The first-order chi connectivity index (χ1) is 11.4. The Hall–Kier alpha value is -1.45. The quantitative estimate of drug-likeness (QED) is 0.348. The molecule has 2 aliphatic rings. The Morgan fingerprint density at radius 3 is 1.96 bits per heavy atom. The summed E-state index contributed by atoms with van der Waals surface area (Å²) >= 11 is 0. The highest BCUT2D eigenvalue weighted by Gasteiger charge is 2.33. The molecule has 0 aromatic rings. The topological polar surface area (TPSA) is 26.3 Å². The van der Waals surface area contributed by atoms with Gasteiger partial charge < -0.3 is 4.74 Å². The van der Waals surface area contributed by atoms with Gasteiger partial charge in [-0.1, -0.05) is 32.9 Å². The predicted molar refractivity (Wildman–Crippen MR) is 91.2 cm³/mol. The van der Waals surface area contributed by atoms with Crippen LogP contribution in [0.25, 0.3) is 0 Å². The van der Waals surface area contributed by atoms with Crippen molar-refractivity contribution in [1.29, 1.82) is 0 Å². The van der Waals surface area contributed by atoms with E-state index in [0.717, 1.165) is 49.5 Å². The van der Waals surface area contributed by atoms with Crippen LogP contribution in [-0.4, -0.2) is 5.97 Å². The fourth-order valence-corrected chi connectivity index (χ4v) is 4.05. The van der Waals surface area contributed by atoms with Crippen LogP contribution in [-0.2, 0) is 9.53 Å². The van der Waals surface area contributed by atoms with Crippen molar-refractivity contribution in [3.8, 4) is 0 Å². The SMILES string of the molecule is C=C(/C=C(/F)C(=C)F)OC(=O)C1CCC(C2CCC(C)CC2)CC1. The molecule has 0 unspecified atom stereocenters. The maximum Gasteiger partial charge on any atom is 0.314 e. The average Bonchev–Trinajstić information content (AvgIpc) is 2.55. The van der Waals surface area contributed by atoms with E-state index >= 15 is 0 Å². The molecule has 0 heterocycles. The molecule has 2 saturated carbocycles. The van der Waals surface area contributed by atoms with Gasteiger partial charge in [-0.25, -0.2) is 8.78 Å². The van der Waals surface area contributed by atoms with Crippen LogP contribution in [0.4, 0.5) is 8.78 Å². The first-order valence-corrected chi connectivity index (χ1v) is 8.99. The van der Waals surface area contributed by atoms with Crippen molar-refractivity contribution >= 4 is 5.97 Å². The standard InChI is InChI=1S/C20H28F2O2/c1-13-4-6-16(7-5-13)17-8-10-18(11-9-17)20(23)24-14(2)12-19(22)15(3)21/h12-13,16-18H,2-11H2,1H3/b19-12+. The number of rotatable bonds is 5. The molecule has 134 valence electrons. The van der Waals surface area contributed by atoms with Gasteiger partial charge in [-0.2, -0.15) is 0 Å². The molecule has 2 rings (SSSR count). The number of carbonyl (C=O) groups is 1. The lowest BCUT2D eigenvalue weighted by molar-refractivity contribution is -0.145. The molecule has 0 aliphatic heterocycles. The molecule has 24 heavy (non-hydrogen) atoms. The summed E-state index contributed by atoms with van der Waals surface area (Å²) in [6.45, 7) is 8.61. The van der Waals surface area contributed by atoms with Crippen molar-refractivity contribution in [2.45, 2.75) is 58.3 Å². The van der Waals surface area contributed by atoms with Crippen LogP contribution in [0.3, 0.4) is 0 Å². The molecule has 0 radical (unpaired) electrons. The molecule has 0 amide bonds. The Labute approximate surface area is 143 Å². The van der Waals surface area contributed by atoms with Gasteiger partial charge in [-0.05, 0) is 56.3 Å². The van der Waals surface area contributed by atoms with Gasteiger partial charge >= 0.3 is 5.97 Å². The summed E-state index contributed by atoms with van der Waals surface area (Å²) in [7, 11) is 0. The lowest BCUT2D eigenvalue weighted by Gasteiger charge is -2.36. The van der Waals surface area contributed by atoms with Crippen LogP contribution in [0, 0.1) is 23.7 Å². The molecule has 0 spiro atoms. The van der Waals surface area contributed by atoms with Crippen molar-refractivity contribution < 1.29 is 18.3 Å². The van der Waals surface area contributed by atoms with Gasteiger partial charge in [0.05, 0.1) is 5.92 Å². The first-order valence-electron chi connectivity index (χ1n) is 8.99. The van der Waals surface area contributed by atoms with Crippen LogP contribution in [0.2, 0.25) is 0 Å². The van der Waals surface area contributed by atoms with E-state index in [1.165, 1.54) is 25.7 Å². The van der Waals surface area contributed by atoms with Gasteiger partial charge in [0.2, 0.25) is 0 Å². The second-order valence-electron chi connectivity index (χ2n) is 7.42. The number of hydrogen-bond donors (Lipinski definition) is 0. The molecule has 0 N–H and O–H groups in total. The zero-order valence-corrected chi connectivity index (χ0v) is 14.5. The Balaban J connectivity index is 1.77. The lowest BCUT2D eigenvalue weighted by atomic mass is 9.69. The van der Waals surface area contributed by atoms with E-state index in [1.807, 2.05) is 0 Å². The van der Waals surface area contributed by atoms with Crippen molar-refractivity contribution in [2.24, 2.45) is 23.7 Å². The van der Waals surface area contributed by atoms with Crippen LogP contribution >= 0.6 is 0 Å². The van der Waals surface area contributed by atoms with Gasteiger partial charge in [0, 0.05) is 6.08 Å². The van der Waals surface area contributed by atoms with Gasteiger partial charge in [0.25, 0.3) is 0 Å². The molecule has 0 aromatic carbocycles. The van der Waals surface area contributed by atoms with E-state index < -0.39 is 11.7 Å². The third-order valence-electron chi connectivity index (χ3n) is 5.61. The highest BCUT2D eigenvalue weighted by atomic mass is 19.2. The minimum absolute atomic E-state index is 0.162. The highest BCUT2D eigenvalue weighted by molar-refractivity contribution is 5.74. The van der Waals surface area contributed by atoms with Crippen LogP contribution in [0.1, 0.15) is 58.3 Å². The predicted octanol–water partition coefficient (Wildman–Crippen LogP) is 6.01. The van der Waals surface area contributed by atoms with E-state index in [4.69, 9.17) is 4.74 Å². The zero-order valence-electron chi connectivity index (χ0n) is 14.5. The third kappa shape index (κ3) is 5.29. The molecule has 0 aromatic heterocycles. The lowest BCUT2D eigenvalue weighted by Crippen LogP contribution is -2.28. The van der Waals surface area contributed by atoms with Crippen molar-refractivity contribution in [2.75, 3.05) is 0 Å². The van der Waals surface area contributed by atoms with Crippen LogP contribution in [0.5, 0.6) is 0 Å². The molecular weight excluding hydrogens is 310 g/mol. The third-order valence-corrected chi connectivity index (χ3v) is 5.61. The summed E-state index contributed by atoms with van der Waals surface area (Å²) < 4.78 is 30.7. The Kier molecular flexibility index (Phi) is 6.76. The van der Waals surface area contributed by atoms with Crippen molar-refractivity contribution in [3.63, 3.8) is 0 Å². The van der Waals surface area contributed by atoms with E-state index in [2.05, 4.69) is 20.1 Å². The van der Waals surface area contributed by atoms with Gasteiger partial charge in [0.15, 0.2) is 11.7 Å². The molecule has 0 atom stereocenters. The minimum atomic E-state index is -1.20. The highest BCUT2D eigenvalue weighted by Crippen LogP contribution is 2.41. The van der Waals surface area contributed by atoms with Crippen molar-refractivity contribution in [1.82, 2.24) is 0 Å². The van der Waals surface area contributed by atoms with Gasteiger partial charge in [0.1, 0.15) is 5.76 Å². The summed E-state index contributed by atoms with van der Waals surface area (Å²) in [5.41, 5.74) is 0. The fraction of sp³-hybridized carbons (Fsp3) is 0.650. The van der Waals surface area contributed by atoms with Crippen LogP contribution in [0.15, 0.2) is 36.6 Å². The number of carbonyl (C=O) groups excluding carboxylic acids is 1. The number of halogens is 2. The summed E-state index contributed by atoms with van der Waals surface area (Å²) in [5, 5.41) is 0. The minimum Gasteiger partial charge on any atom is -0.427 e. The molecule has 2 fully saturated rings. The van der Waals surface area contributed by atoms with Gasteiger partial charge in [-0.15, -0.1) is 0 Å². The van der Waals surface area contributed by atoms with E-state index in [9.17, 15) is 13.6 Å². The maximum absolute atomic E-state index is 13.1. The Morgan fingerprint density at radius 1 is 0.958 bits per heavy atom. The average molecular weight is 338 g/mol. The number of allylic oxidation sites excluding steroid dienone is 3. The fourth-order valence-electron chi connectivity index (χ4n) is 4.05. The Morgan fingerprint density at radius 2 is 1.46 bits per heavy atom. The van der Waals surface area contributed by atoms with E-state index in [0.29, 0.717) is 0 Å². The molecule has 2 nitrogen and oxygen atoms in total.